The Balaban J connectivity index is 2.73. The predicted molar refractivity (Wildman–Crippen MR) is 121 cm³/mol. The number of halogens is 1. The average Bonchev–Trinajstić information content (AvgIpc) is 2.74. The van der Waals surface area contributed by atoms with Gasteiger partial charge in [-0.15, -0.1) is 0 Å². The van der Waals surface area contributed by atoms with Crippen molar-refractivity contribution < 1.29 is 28.7 Å². The second-order valence-electron chi connectivity index (χ2n) is 7.57. The van der Waals surface area contributed by atoms with Crippen molar-refractivity contribution in [2.24, 2.45) is 5.92 Å². The number of hydrogen-bond donors (Lipinski definition) is 2. The Morgan fingerprint density at radius 1 is 0.938 bits per heavy atom. The van der Waals surface area contributed by atoms with E-state index in [1.54, 1.807) is 39.8 Å². The van der Waals surface area contributed by atoms with E-state index in [1.807, 2.05) is 12.1 Å². The Morgan fingerprint density at radius 3 is 2.12 bits per heavy atom. The zero-order valence-electron chi connectivity index (χ0n) is 19.1. The molecule has 0 aliphatic heterocycles. The molecule has 0 unspecified atom stereocenters. The van der Waals surface area contributed by atoms with Crippen LogP contribution in [-0.4, -0.2) is 49.1 Å². The van der Waals surface area contributed by atoms with Crippen LogP contribution in [0.1, 0.15) is 52.5 Å². The van der Waals surface area contributed by atoms with E-state index in [2.05, 4.69) is 10.6 Å². The van der Waals surface area contributed by atoms with Crippen LogP contribution in [0, 0.1) is 5.92 Å². The first-order chi connectivity index (χ1) is 15.2. The molecular weight excluding hydrogens is 436 g/mol. The SMILES string of the molecule is CCOC(=O)CC[C@@H](NC(=O)[C@@H](NC(=O)CCc1ccc(Cl)cc1)C(C)C)C(=O)OCC. The van der Waals surface area contributed by atoms with Crippen LogP contribution >= 0.6 is 11.6 Å². The molecule has 9 heteroatoms. The van der Waals surface area contributed by atoms with E-state index in [1.165, 1.54) is 0 Å². The van der Waals surface area contributed by atoms with Crippen molar-refractivity contribution in [3.05, 3.63) is 34.9 Å². The number of hydrogen-bond acceptors (Lipinski definition) is 6. The van der Waals surface area contributed by atoms with Gasteiger partial charge >= 0.3 is 11.9 Å². The van der Waals surface area contributed by atoms with Crippen molar-refractivity contribution in [3.8, 4) is 0 Å². The molecule has 0 radical (unpaired) electrons. The average molecular weight is 469 g/mol. The van der Waals surface area contributed by atoms with Gasteiger partial charge in [0.2, 0.25) is 11.8 Å². The zero-order chi connectivity index (χ0) is 24.1. The molecule has 0 bridgehead atoms. The molecule has 1 aromatic carbocycles. The van der Waals surface area contributed by atoms with E-state index < -0.39 is 29.9 Å². The number of aryl methyl sites for hydroxylation is 1. The second kappa shape index (κ2) is 14.5. The Bertz CT molecular complexity index is 766. The summed E-state index contributed by atoms with van der Waals surface area (Å²) in [5.41, 5.74) is 0.955. The number of benzene rings is 1. The van der Waals surface area contributed by atoms with E-state index in [0.29, 0.717) is 11.4 Å². The minimum Gasteiger partial charge on any atom is -0.466 e. The van der Waals surface area contributed by atoms with Crippen molar-refractivity contribution in [2.75, 3.05) is 13.2 Å². The third-order valence-corrected chi connectivity index (χ3v) is 4.90. The fraction of sp³-hybridized carbons (Fsp3) is 0.565. The molecule has 2 amide bonds. The van der Waals surface area contributed by atoms with Gasteiger partial charge in [-0.1, -0.05) is 37.6 Å². The van der Waals surface area contributed by atoms with Gasteiger partial charge in [-0.25, -0.2) is 4.79 Å². The van der Waals surface area contributed by atoms with Crippen molar-refractivity contribution in [3.63, 3.8) is 0 Å². The summed E-state index contributed by atoms with van der Waals surface area (Å²) in [5, 5.41) is 5.97. The summed E-state index contributed by atoms with van der Waals surface area (Å²) in [5.74, 6) is -2.12. The van der Waals surface area contributed by atoms with Gasteiger partial charge in [0.15, 0.2) is 0 Å². The van der Waals surface area contributed by atoms with Gasteiger partial charge < -0.3 is 20.1 Å². The molecule has 0 aliphatic rings. The van der Waals surface area contributed by atoms with Gasteiger partial charge in [0.25, 0.3) is 0 Å². The van der Waals surface area contributed by atoms with Crippen LogP contribution < -0.4 is 10.6 Å². The summed E-state index contributed by atoms with van der Waals surface area (Å²) < 4.78 is 9.89. The molecule has 0 saturated heterocycles. The molecule has 32 heavy (non-hydrogen) atoms. The molecule has 0 spiro atoms. The van der Waals surface area contributed by atoms with Gasteiger partial charge in [0, 0.05) is 17.9 Å². The molecule has 1 rings (SSSR count). The first-order valence-electron chi connectivity index (χ1n) is 10.8. The maximum atomic E-state index is 12.9. The quantitative estimate of drug-likeness (QED) is 0.431. The van der Waals surface area contributed by atoms with Crippen LogP contribution in [0.5, 0.6) is 0 Å². The van der Waals surface area contributed by atoms with Crippen molar-refractivity contribution in [2.45, 2.75) is 65.5 Å². The van der Waals surface area contributed by atoms with Crippen LogP contribution in [0.4, 0.5) is 0 Å². The van der Waals surface area contributed by atoms with E-state index in [4.69, 9.17) is 21.1 Å². The third kappa shape index (κ3) is 10.1. The van der Waals surface area contributed by atoms with E-state index in [0.717, 1.165) is 5.56 Å². The summed E-state index contributed by atoms with van der Waals surface area (Å²) in [7, 11) is 0. The normalized spacial score (nSPS) is 12.6. The van der Waals surface area contributed by atoms with Crippen LogP contribution in [0.2, 0.25) is 5.02 Å². The summed E-state index contributed by atoms with van der Waals surface area (Å²) >= 11 is 5.87. The first kappa shape index (κ1) is 27.4. The van der Waals surface area contributed by atoms with E-state index >= 15 is 0 Å². The monoisotopic (exact) mass is 468 g/mol. The number of esters is 2. The highest BCUT2D eigenvalue weighted by molar-refractivity contribution is 6.30. The lowest BCUT2D eigenvalue weighted by Crippen LogP contribution is -2.54. The Hall–Kier alpha value is -2.61. The largest absolute Gasteiger partial charge is 0.466 e. The van der Waals surface area contributed by atoms with Crippen LogP contribution in [0.25, 0.3) is 0 Å². The fourth-order valence-corrected chi connectivity index (χ4v) is 3.06. The molecule has 2 atom stereocenters. The van der Waals surface area contributed by atoms with Crippen LogP contribution in [0.15, 0.2) is 24.3 Å². The van der Waals surface area contributed by atoms with E-state index in [-0.39, 0.29) is 44.3 Å². The maximum Gasteiger partial charge on any atom is 0.328 e. The number of nitrogens with one attached hydrogen (secondary N) is 2. The minimum absolute atomic E-state index is 0.0404. The zero-order valence-corrected chi connectivity index (χ0v) is 19.9. The van der Waals surface area contributed by atoms with Crippen molar-refractivity contribution >= 4 is 35.4 Å². The van der Waals surface area contributed by atoms with Gasteiger partial charge in [-0.05, 0) is 50.3 Å². The van der Waals surface area contributed by atoms with Crippen molar-refractivity contribution in [1.29, 1.82) is 0 Å². The fourth-order valence-electron chi connectivity index (χ4n) is 2.94. The second-order valence-corrected chi connectivity index (χ2v) is 8.01. The number of carbonyl (C=O) groups excluding carboxylic acids is 4. The Kier molecular flexibility index (Phi) is 12.4. The molecule has 2 N–H and O–H groups in total. The third-order valence-electron chi connectivity index (χ3n) is 4.65. The Labute approximate surface area is 194 Å². The number of amides is 2. The summed E-state index contributed by atoms with van der Waals surface area (Å²) in [4.78, 5) is 49.2. The summed E-state index contributed by atoms with van der Waals surface area (Å²) in [6.07, 6.45) is 0.693. The lowest BCUT2D eigenvalue weighted by molar-refractivity contribution is -0.149. The molecule has 0 heterocycles. The molecule has 1 aromatic rings. The van der Waals surface area contributed by atoms with Gasteiger partial charge in [0.05, 0.1) is 13.2 Å². The highest BCUT2D eigenvalue weighted by atomic mass is 35.5. The van der Waals surface area contributed by atoms with Gasteiger partial charge in [-0.2, -0.15) is 0 Å². The number of rotatable bonds is 13. The summed E-state index contributed by atoms with van der Waals surface area (Å²) in [6, 6.07) is 5.34. The highest BCUT2D eigenvalue weighted by Gasteiger charge is 2.29. The minimum atomic E-state index is -1.01. The topological polar surface area (TPSA) is 111 Å². The number of carbonyl (C=O) groups is 4. The molecule has 0 saturated carbocycles. The molecular formula is C23H33ClN2O6. The molecule has 8 nitrogen and oxygen atoms in total. The standard InChI is InChI=1S/C23H33ClN2O6/c1-5-31-20(28)14-12-18(23(30)32-6-2)25-22(29)21(15(3)4)26-19(27)13-9-16-7-10-17(24)11-8-16/h7-8,10-11,15,18,21H,5-6,9,12-14H2,1-4H3,(H,25,29)(H,26,27)/t18-,21+/m1/s1. The Morgan fingerprint density at radius 2 is 1.56 bits per heavy atom. The molecule has 0 aromatic heterocycles. The number of ether oxygens (including phenoxy) is 2. The predicted octanol–water partition coefficient (Wildman–Crippen LogP) is 2.80. The maximum absolute atomic E-state index is 12.9. The smallest absolute Gasteiger partial charge is 0.328 e. The van der Waals surface area contributed by atoms with Crippen LogP contribution in [0.3, 0.4) is 0 Å². The molecule has 178 valence electrons. The van der Waals surface area contributed by atoms with Gasteiger partial charge in [0.1, 0.15) is 12.1 Å². The van der Waals surface area contributed by atoms with Gasteiger partial charge in [-0.3, -0.25) is 14.4 Å². The molecule has 0 aliphatic carbocycles. The molecule has 0 fully saturated rings. The van der Waals surface area contributed by atoms with Crippen molar-refractivity contribution in [1.82, 2.24) is 10.6 Å². The summed E-state index contributed by atoms with van der Waals surface area (Å²) in [6.45, 7) is 7.29. The lowest BCUT2D eigenvalue weighted by Gasteiger charge is -2.24. The van der Waals surface area contributed by atoms with E-state index in [9.17, 15) is 19.2 Å². The highest BCUT2D eigenvalue weighted by Crippen LogP contribution is 2.12. The lowest BCUT2D eigenvalue weighted by atomic mass is 10.0. The van der Waals surface area contributed by atoms with Crippen LogP contribution in [-0.2, 0) is 35.1 Å². The first-order valence-corrected chi connectivity index (χ1v) is 11.2.